The Morgan fingerprint density at radius 3 is 2.50 bits per heavy atom. The first kappa shape index (κ1) is 22.7. The average molecular weight is 417 g/mol. The minimum Gasteiger partial charge on any atom is -0.497 e. The van der Waals surface area contributed by atoms with Gasteiger partial charge in [0.05, 0.1) is 7.11 Å². The van der Waals surface area contributed by atoms with Crippen molar-refractivity contribution in [2.45, 2.75) is 19.8 Å². The fraction of sp³-hybridized carbons (Fsp3) is 0.696. The van der Waals surface area contributed by atoms with Gasteiger partial charge in [0, 0.05) is 77.2 Å². The van der Waals surface area contributed by atoms with Gasteiger partial charge in [-0.2, -0.15) is 0 Å². The molecule has 0 saturated carbocycles. The van der Waals surface area contributed by atoms with E-state index in [-0.39, 0.29) is 0 Å². The minimum absolute atomic E-state index is 0.909. The van der Waals surface area contributed by atoms with E-state index in [4.69, 9.17) is 9.73 Å². The number of likely N-dealkylation sites (N-methyl/N-ethyl adjacent to an activating group) is 1. The van der Waals surface area contributed by atoms with Gasteiger partial charge in [0.1, 0.15) is 5.75 Å². The molecule has 2 saturated heterocycles. The van der Waals surface area contributed by atoms with Crippen LogP contribution in [-0.2, 0) is 0 Å². The molecular weight excluding hydrogens is 376 g/mol. The SMILES string of the molecule is CCNC(=NCCCCN1CCN(C)CC1)N1CCN(c2cccc(OC)c2)CC1. The van der Waals surface area contributed by atoms with Crippen molar-refractivity contribution in [2.24, 2.45) is 4.99 Å². The van der Waals surface area contributed by atoms with Crippen molar-refractivity contribution < 1.29 is 4.74 Å². The number of methoxy groups -OCH3 is 1. The normalized spacial score (nSPS) is 19.2. The highest BCUT2D eigenvalue weighted by Gasteiger charge is 2.20. The molecule has 7 nitrogen and oxygen atoms in total. The smallest absolute Gasteiger partial charge is 0.194 e. The number of anilines is 1. The van der Waals surface area contributed by atoms with Crippen LogP contribution in [0.3, 0.4) is 0 Å². The second-order valence-corrected chi connectivity index (χ2v) is 8.26. The Kier molecular flexibility index (Phi) is 9.08. The van der Waals surface area contributed by atoms with Gasteiger partial charge in [0.2, 0.25) is 0 Å². The zero-order chi connectivity index (χ0) is 21.2. The number of benzene rings is 1. The van der Waals surface area contributed by atoms with Gasteiger partial charge < -0.3 is 29.7 Å². The quantitative estimate of drug-likeness (QED) is 0.396. The summed E-state index contributed by atoms with van der Waals surface area (Å²) >= 11 is 0. The minimum atomic E-state index is 0.909. The molecule has 0 unspecified atom stereocenters. The lowest BCUT2D eigenvalue weighted by Gasteiger charge is -2.37. The zero-order valence-electron chi connectivity index (χ0n) is 19.1. The second-order valence-electron chi connectivity index (χ2n) is 8.26. The number of guanidine groups is 1. The molecule has 2 fully saturated rings. The molecule has 7 heteroatoms. The predicted molar refractivity (Wildman–Crippen MR) is 126 cm³/mol. The number of nitrogens with zero attached hydrogens (tertiary/aromatic N) is 5. The molecule has 1 aromatic carbocycles. The molecular formula is C23H40N6O. The standard InChI is InChI=1S/C23H40N6O/c1-4-24-23(25-10-5-6-11-27-14-12-26(2)13-15-27)29-18-16-28(17-19-29)21-8-7-9-22(20-21)30-3/h7-9,20H,4-6,10-19H2,1-3H3,(H,24,25). The average Bonchev–Trinajstić information content (AvgIpc) is 2.79. The van der Waals surface area contributed by atoms with Gasteiger partial charge in [-0.05, 0) is 45.5 Å². The van der Waals surface area contributed by atoms with E-state index < -0.39 is 0 Å². The third kappa shape index (κ3) is 6.77. The van der Waals surface area contributed by atoms with Crippen LogP contribution in [0.25, 0.3) is 0 Å². The summed E-state index contributed by atoms with van der Waals surface area (Å²) in [4.78, 5) is 14.8. The Hall–Kier alpha value is -1.99. The van der Waals surface area contributed by atoms with E-state index in [9.17, 15) is 0 Å². The summed E-state index contributed by atoms with van der Waals surface area (Å²) in [6, 6.07) is 8.35. The van der Waals surface area contributed by atoms with Crippen molar-refractivity contribution in [3.8, 4) is 5.75 Å². The van der Waals surface area contributed by atoms with E-state index in [1.54, 1.807) is 7.11 Å². The lowest BCUT2D eigenvalue weighted by atomic mass is 10.2. The lowest BCUT2D eigenvalue weighted by molar-refractivity contribution is 0.152. The predicted octanol–water partition coefficient (Wildman–Crippen LogP) is 1.81. The third-order valence-electron chi connectivity index (χ3n) is 6.07. The number of hydrogen-bond donors (Lipinski definition) is 1. The van der Waals surface area contributed by atoms with Gasteiger partial charge in [-0.15, -0.1) is 0 Å². The van der Waals surface area contributed by atoms with E-state index in [1.807, 2.05) is 6.07 Å². The number of ether oxygens (including phenoxy) is 1. The van der Waals surface area contributed by atoms with Gasteiger partial charge in [-0.1, -0.05) is 6.07 Å². The Morgan fingerprint density at radius 2 is 1.80 bits per heavy atom. The molecule has 2 aliphatic rings. The number of aliphatic imine (C=N–C) groups is 1. The van der Waals surface area contributed by atoms with Crippen LogP contribution in [0.1, 0.15) is 19.8 Å². The van der Waals surface area contributed by atoms with Crippen LogP contribution >= 0.6 is 0 Å². The molecule has 3 rings (SSSR count). The van der Waals surface area contributed by atoms with Crippen LogP contribution in [-0.4, -0.2) is 107 Å². The van der Waals surface area contributed by atoms with Crippen LogP contribution < -0.4 is 15.0 Å². The highest BCUT2D eigenvalue weighted by Crippen LogP contribution is 2.22. The van der Waals surface area contributed by atoms with Gasteiger partial charge in [0.15, 0.2) is 5.96 Å². The van der Waals surface area contributed by atoms with Crippen molar-refractivity contribution in [2.75, 3.05) is 91.0 Å². The molecule has 30 heavy (non-hydrogen) atoms. The topological polar surface area (TPSA) is 46.6 Å². The fourth-order valence-corrected chi connectivity index (χ4v) is 4.11. The summed E-state index contributed by atoms with van der Waals surface area (Å²) < 4.78 is 5.37. The van der Waals surface area contributed by atoms with E-state index in [0.29, 0.717) is 0 Å². The van der Waals surface area contributed by atoms with Crippen molar-refractivity contribution >= 4 is 11.6 Å². The third-order valence-corrected chi connectivity index (χ3v) is 6.07. The van der Waals surface area contributed by atoms with Crippen LogP contribution in [0.4, 0.5) is 5.69 Å². The van der Waals surface area contributed by atoms with E-state index >= 15 is 0 Å². The summed E-state index contributed by atoms with van der Waals surface area (Å²) in [6.45, 7) is 14.0. The van der Waals surface area contributed by atoms with Crippen LogP contribution in [0.15, 0.2) is 29.3 Å². The molecule has 0 bridgehead atoms. The van der Waals surface area contributed by atoms with Gasteiger partial charge >= 0.3 is 0 Å². The number of hydrogen-bond acceptors (Lipinski definition) is 5. The molecule has 2 aliphatic heterocycles. The van der Waals surface area contributed by atoms with Gasteiger partial charge in [-0.3, -0.25) is 4.99 Å². The first-order valence-electron chi connectivity index (χ1n) is 11.5. The fourth-order valence-electron chi connectivity index (χ4n) is 4.11. The Bertz CT molecular complexity index is 651. The van der Waals surface area contributed by atoms with E-state index in [0.717, 1.165) is 57.4 Å². The summed E-state index contributed by atoms with van der Waals surface area (Å²) in [5.41, 5.74) is 1.24. The van der Waals surface area contributed by atoms with Crippen molar-refractivity contribution in [1.82, 2.24) is 20.0 Å². The van der Waals surface area contributed by atoms with Crippen LogP contribution in [0.5, 0.6) is 5.75 Å². The lowest BCUT2D eigenvalue weighted by Crippen LogP contribution is -2.52. The van der Waals surface area contributed by atoms with Crippen LogP contribution in [0, 0.1) is 0 Å². The number of nitrogens with one attached hydrogen (secondary N) is 1. The van der Waals surface area contributed by atoms with Gasteiger partial charge in [0.25, 0.3) is 0 Å². The molecule has 0 spiro atoms. The Balaban J connectivity index is 1.42. The number of unbranched alkanes of at least 4 members (excludes halogenated alkanes) is 1. The second kappa shape index (κ2) is 12.0. The monoisotopic (exact) mass is 416 g/mol. The summed E-state index contributed by atoms with van der Waals surface area (Å²) in [7, 11) is 3.94. The first-order chi connectivity index (χ1) is 14.7. The maximum Gasteiger partial charge on any atom is 0.194 e. The molecule has 0 atom stereocenters. The summed E-state index contributed by atoms with van der Waals surface area (Å²) in [5, 5.41) is 3.49. The molecule has 2 heterocycles. The molecule has 1 N–H and O–H groups in total. The molecule has 168 valence electrons. The molecule has 0 amide bonds. The number of rotatable bonds is 8. The molecule has 0 aliphatic carbocycles. The molecule has 0 aromatic heterocycles. The van der Waals surface area contributed by atoms with Crippen molar-refractivity contribution in [1.29, 1.82) is 0 Å². The van der Waals surface area contributed by atoms with Crippen molar-refractivity contribution in [3.63, 3.8) is 0 Å². The Morgan fingerprint density at radius 1 is 1.03 bits per heavy atom. The summed E-state index contributed by atoms with van der Waals surface area (Å²) in [6.07, 6.45) is 2.39. The Labute approximate surface area is 182 Å². The zero-order valence-corrected chi connectivity index (χ0v) is 19.1. The highest BCUT2D eigenvalue weighted by atomic mass is 16.5. The maximum absolute atomic E-state index is 5.37. The summed E-state index contributed by atoms with van der Waals surface area (Å²) in [5.74, 6) is 1.99. The number of piperazine rings is 2. The first-order valence-corrected chi connectivity index (χ1v) is 11.5. The van der Waals surface area contributed by atoms with Crippen LogP contribution in [0.2, 0.25) is 0 Å². The van der Waals surface area contributed by atoms with Gasteiger partial charge in [-0.25, -0.2) is 0 Å². The highest BCUT2D eigenvalue weighted by molar-refractivity contribution is 5.80. The maximum atomic E-state index is 5.37. The van der Waals surface area contributed by atoms with E-state index in [2.05, 4.69) is 57.1 Å². The van der Waals surface area contributed by atoms with Crippen molar-refractivity contribution in [3.05, 3.63) is 24.3 Å². The molecule has 1 aromatic rings. The van der Waals surface area contributed by atoms with E-state index in [1.165, 1.54) is 44.8 Å². The molecule has 0 radical (unpaired) electrons. The largest absolute Gasteiger partial charge is 0.497 e.